The van der Waals surface area contributed by atoms with Gasteiger partial charge in [-0.05, 0) is 73.4 Å². The fourth-order valence-corrected chi connectivity index (χ4v) is 4.33. The maximum absolute atomic E-state index is 12.7. The van der Waals surface area contributed by atoms with E-state index in [1.807, 2.05) is 23.3 Å². The Labute approximate surface area is 163 Å². The number of aryl methyl sites for hydroxylation is 1. The molecule has 3 rings (SSSR count). The molecule has 2 amide bonds. The Bertz CT molecular complexity index is 772. The van der Waals surface area contributed by atoms with Gasteiger partial charge in [-0.2, -0.15) is 0 Å². The van der Waals surface area contributed by atoms with Crippen LogP contribution in [0.1, 0.15) is 40.9 Å². The highest BCUT2D eigenvalue weighted by Gasteiger charge is 2.26. The summed E-state index contributed by atoms with van der Waals surface area (Å²) in [5.74, 6) is 0.515. The average Bonchev–Trinajstić information content (AvgIpc) is 3.07. The standard InChI is InChI=1S/C20H23ClN2O2S/c1-14-10-12-26-19(14)20(25)23-11-2-3-15(13-23)4-9-18(24)22-17-7-5-16(21)6-8-17/h5-8,10,12,15H,2-4,9,11,13H2,1H3,(H,22,24)/t15-/m0/s1. The van der Waals surface area contributed by atoms with Gasteiger partial charge < -0.3 is 10.2 Å². The Morgan fingerprint density at radius 3 is 2.73 bits per heavy atom. The predicted molar refractivity (Wildman–Crippen MR) is 107 cm³/mol. The summed E-state index contributed by atoms with van der Waals surface area (Å²) in [7, 11) is 0. The van der Waals surface area contributed by atoms with Crippen LogP contribution < -0.4 is 5.32 Å². The van der Waals surface area contributed by atoms with Gasteiger partial charge in [0.15, 0.2) is 0 Å². The molecular weight excluding hydrogens is 368 g/mol. The number of anilines is 1. The number of amides is 2. The molecule has 1 aromatic carbocycles. The predicted octanol–water partition coefficient (Wildman–Crippen LogP) is 4.98. The fraction of sp³-hybridized carbons (Fsp3) is 0.400. The van der Waals surface area contributed by atoms with Gasteiger partial charge in [0.25, 0.3) is 5.91 Å². The summed E-state index contributed by atoms with van der Waals surface area (Å²) in [6.45, 7) is 3.53. The van der Waals surface area contributed by atoms with Gasteiger partial charge in [0, 0.05) is 30.2 Å². The number of nitrogens with zero attached hydrogens (tertiary/aromatic N) is 1. The molecule has 138 valence electrons. The quantitative estimate of drug-likeness (QED) is 0.782. The van der Waals surface area contributed by atoms with Crippen molar-refractivity contribution in [2.24, 2.45) is 5.92 Å². The van der Waals surface area contributed by atoms with Crippen molar-refractivity contribution in [3.63, 3.8) is 0 Å². The van der Waals surface area contributed by atoms with E-state index in [0.717, 1.165) is 48.5 Å². The molecule has 0 radical (unpaired) electrons. The van der Waals surface area contributed by atoms with Gasteiger partial charge in [0.1, 0.15) is 0 Å². The normalized spacial score (nSPS) is 17.2. The van der Waals surface area contributed by atoms with Gasteiger partial charge in [-0.1, -0.05) is 11.6 Å². The van der Waals surface area contributed by atoms with Crippen molar-refractivity contribution in [2.45, 2.75) is 32.6 Å². The molecule has 1 aliphatic rings. The number of rotatable bonds is 5. The van der Waals surface area contributed by atoms with Crippen molar-refractivity contribution < 1.29 is 9.59 Å². The minimum absolute atomic E-state index is 0.00451. The van der Waals surface area contributed by atoms with E-state index < -0.39 is 0 Å². The monoisotopic (exact) mass is 390 g/mol. The molecule has 0 spiro atoms. The molecule has 26 heavy (non-hydrogen) atoms. The van der Waals surface area contributed by atoms with Crippen LogP contribution in [0.2, 0.25) is 5.02 Å². The first-order chi connectivity index (χ1) is 12.5. The van der Waals surface area contributed by atoms with Crippen molar-refractivity contribution in [3.05, 3.63) is 51.2 Å². The van der Waals surface area contributed by atoms with Gasteiger partial charge in [0.2, 0.25) is 5.91 Å². The van der Waals surface area contributed by atoms with Crippen LogP contribution in [0, 0.1) is 12.8 Å². The van der Waals surface area contributed by atoms with Gasteiger partial charge >= 0.3 is 0 Å². The van der Waals surface area contributed by atoms with Crippen molar-refractivity contribution in [1.82, 2.24) is 4.90 Å². The van der Waals surface area contributed by atoms with E-state index in [0.29, 0.717) is 17.4 Å². The Morgan fingerprint density at radius 2 is 2.04 bits per heavy atom. The zero-order chi connectivity index (χ0) is 18.5. The van der Waals surface area contributed by atoms with Crippen LogP contribution in [0.15, 0.2) is 35.7 Å². The first kappa shape index (κ1) is 18.9. The van der Waals surface area contributed by atoms with Crippen molar-refractivity contribution >= 4 is 40.4 Å². The van der Waals surface area contributed by atoms with Crippen LogP contribution in [0.5, 0.6) is 0 Å². The number of halogens is 1. The minimum atomic E-state index is 0.00451. The van der Waals surface area contributed by atoms with Crippen LogP contribution >= 0.6 is 22.9 Å². The molecular formula is C20H23ClN2O2S. The second-order valence-corrected chi connectivity index (χ2v) is 8.14. The Morgan fingerprint density at radius 1 is 1.27 bits per heavy atom. The van der Waals surface area contributed by atoms with Gasteiger partial charge in [-0.25, -0.2) is 0 Å². The van der Waals surface area contributed by atoms with Crippen LogP contribution in [0.4, 0.5) is 5.69 Å². The first-order valence-corrected chi connectivity index (χ1v) is 10.2. The SMILES string of the molecule is Cc1ccsc1C(=O)N1CCC[C@@H](CCC(=O)Nc2ccc(Cl)cc2)C1. The molecule has 0 saturated carbocycles. The summed E-state index contributed by atoms with van der Waals surface area (Å²) < 4.78 is 0. The molecule has 4 nitrogen and oxygen atoms in total. The second-order valence-electron chi connectivity index (χ2n) is 6.79. The molecule has 0 aliphatic carbocycles. The summed E-state index contributed by atoms with van der Waals surface area (Å²) in [5, 5.41) is 5.51. The topological polar surface area (TPSA) is 49.4 Å². The number of carbonyl (C=O) groups excluding carboxylic acids is 2. The van der Waals surface area contributed by atoms with Gasteiger partial charge in [-0.3, -0.25) is 9.59 Å². The lowest BCUT2D eigenvalue weighted by Gasteiger charge is -2.32. The number of hydrogen-bond donors (Lipinski definition) is 1. The first-order valence-electron chi connectivity index (χ1n) is 8.91. The molecule has 1 atom stereocenters. The third-order valence-corrected chi connectivity index (χ3v) is 6.03. The molecule has 0 unspecified atom stereocenters. The number of likely N-dealkylation sites (tertiary alicyclic amines) is 1. The molecule has 6 heteroatoms. The van der Waals surface area contributed by atoms with Crippen LogP contribution in [0.25, 0.3) is 0 Å². The maximum atomic E-state index is 12.7. The largest absolute Gasteiger partial charge is 0.338 e. The number of hydrogen-bond acceptors (Lipinski definition) is 3. The maximum Gasteiger partial charge on any atom is 0.264 e. The zero-order valence-corrected chi connectivity index (χ0v) is 16.4. The Kier molecular flexibility index (Phi) is 6.33. The lowest BCUT2D eigenvalue weighted by Crippen LogP contribution is -2.40. The summed E-state index contributed by atoms with van der Waals surface area (Å²) >= 11 is 7.36. The lowest BCUT2D eigenvalue weighted by molar-refractivity contribution is -0.116. The van der Waals surface area contributed by atoms with Crippen LogP contribution in [-0.4, -0.2) is 29.8 Å². The lowest BCUT2D eigenvalue weighted by atomic mass is 9.93. The molecule has 1 fully saturated rings. The highest BCUT2D eigenvalue weighted by molar-refractivity contribution is 7.12. The third-order valence-electron chi connectivity index (χ3n) is 4.77. The summed E-state index contributed by atoms with van der Waals surface area (Å²) in [6, 6.07) is 9.10. The smallest absolute Gasteiger partial charge is 0.264 e. The summed E-state index contributed by atoms with van der Waals surface area (Å²) in [4.78, 5) is 27.6. The molecule has 2 heterocycles. The van der Waals surface area contributed by atoms with Crippen molar-refractivity contribution in [1.29, 1.82) is 0 Å². The molecule has 1 aliphatic heterocycles. The molecule has 1 aromatic heterocycles. The van der Waals surface area contributed by atoms with E-state index in [-0.39, 0.29) is 11.8 Å². The average molecular weight is 391 g/mol. The Balaban J connectivity index is 1.49. The van der Waals surface area contributed by atoms with Gasteiger partial charge in [0.05, 0.1) is 4.88 Å². The molecule has 2 aromatic rings. The highest BCUT2D eigenvalue weighted by atomic mass is 35.5. The van der Waals surface area contributed by atoms with Gasteiger partial charge in [-0.15, -0.1) is 11.3 Å². The number of nitrogens with one attached hydrogen (secondary N) is 1. The van der Waals surface area contributed by atoms with E-state index in [2.05, 4.69) is 5.32 Å². The number of piperidine rings is 1. The van der Waals surface area contributed by atoms with Crippen molar-refractivity contribution in [2.75, 3.05) is 18.4 Å². The van der Waals surface area contributed by atoms with E-state index in [1.54, 1.807) is 24.3 Å². The van der Waals surface area contributed by atoms with Crippen molar-refractivity contribution in [3.8, 4) is 0 Å². The highest BCUT2D eigenvalue weighted by Crippen LogP contribution is 2.25. The summed E-state index contributed by atoms with van der Waals surface area (Å²) in [5.41, 5.74) is 1.80. The number of benzene rings is 1. The minimum Gasteiger partial charge on any atom is -0.338 e. The fourth-order valence-electron chi connectivity index (χ4n) is 3.31. The third kappa shape index (κ3) is 4.86. The van der Waals surface area contributed by atoms with E-state index in [9.17, 15) is 9.59 Å². The van der Waals surface area contributed by atoms with E-state index in [4.69, 9.17) is 11.6 Å². The van der Waals surface area contributed by atoms with Crippen LogP contribution in [-0.2, 0) is 4.79 Å². The van der Waals surface area contributed by atoms with E-state index in [1.165, 1.54) is 11.3 Å². The molecule has 0 bridgehead atoms. The molecule has 1 saturated heterocycles. The number of thiophene rings is 1. The van der Waals surface area contributed by atoms with Crippen LogP contribution in [0.3, 0.4) is 0 Å². The second kappa shape index (κ2) is 8.69. The molecule has 1 N–H and O–H groups in total. The number of carbonyl (C=O) groups is 2. The van der Waals surface area contributed by atoms with E-state index >= 15 is 0 Å². The Hall–Kier alpha value is -1.85. The zero-order valence-electron chi connectivity index (χ0n) is 14.8. The summed E-state index contributed by atoms with van der Waals surface area (Å²) in [6.07, 6.45) is 3.33.